The maximum atomic E-state index is 12.0. The SMILES string of the molecule is CCNC(=NCC(=O)NC(C)(C)C)NCCCN1CCN(c2ccc(OC)cc2)CC1. The number of nitrogens with zero attached hydrogens (tertiary/aromatic N) is 3. The normalized spacial score (nSPS) is 15.5. The topological polar surface area (TPSA) is 81.2 Å². The van der Waals surface area contributed by atoms with Gasteiger partial charge in [-0.25, -0.2) is 4.99 Å². The molecule has 0 radical (unpaired) electrons. The molecule has 174 valence electrons. The molecular weight excluding hydrogens is 392 g/mol. The van der Waals surface area contributed by atoms with E-state index in [4.69, 9.17) is 4.74 Å². The summed E-state index contributed by atoms with van der Waals surface area (Å²) in [6.07, 6.45) is 1.03. The average molecular weight is 433 g/mol. The van der Waals surface area contributed by atoms with Crippen LogP contribution in [0.3, 0.4) is 0 Å². The maximum absolute atomic E-state index is 12.0. The number of nitrogens with one attached hydrogen (secondary N) is 3. The molecule has 0 atom stereocenters. The van der Waals surface area contributed by atoms with Crippen LogP contribution in [0.1, 0.15) is 34.1 Å². The minimum absolute atomic E-state index is 0.0700. The van der Waals surface area contributed by atoms with Crippen LogP contribution in [-0.2, 0) is 4.79 Å². The predicted molar refractivity (Wildman–Crippen MR) is 128 cm³/mol. The zero-order valence-corrected chi connectivity index (χ0v) is 19.8. The summed E-state index contributed by atoms with van der Waals surface area (Å²) >= 11 is 0. The predicted octanol–water partition coefficient (Wildman–Crippen LogP) is 1.68. The summed E-state index contributed by atoms with van der Waals surface area (Å²) in [5, 5.41) is 9.46. The van der Waals surface area contributed by atoms with Gasteiger partial charge in [-0.3, -0.25) is 9.69 Å². The molecule has 1 aliphatic heterocycles. The van der Waals surface area contributed by atoms with Crippen LogP contribution in [-0.4, -0.2) is 81.8 Å². The molecule has 0 spiro atoms. The van der Waals surface area contributed by atoms with Gasteiger partial charge in [0.15, 0.2) is 5.96 Å². The molecule has 2 rings (SSSR count). The molecule has 1 aliphatic rings. The second-order valence-corrected chi connectivity index (χ2v) is 8.80. The molecule has 0 unspecified atom stereocenters. The third-order valence-corrected chi connectivity index (χ3v) is 4.99. The molecule has 0 saturated carbocycles. The first-order valence-electron chi connectivity index (χ1n) is 11.3. The fraction of sp³-hybridized carbons (Fsp3) is 0.652. The Hall–Kier alpha value is -2.48. The van der Waals surface area contributed by atoms with E-state index in [2.05, 4.69) is 42.9 Å². The molecule has 3 N–H and O–H groups in total. The van der Waals surface area contributed by atoms with E-state index in [1.165, 1.54) is 5.69 Å². The van der Waals surface area contributed by atoms with Gasteiger partial charge in [0.1, 0.15) is 12.3 Å². The lowest BCUT2D eigenvalue weighted by molar-refractivity contribution is -0.121. The van der Waals surface area contributed by atoms with Crippen molar-refractivity contribution in [2.45, 2.75) is 39.7 Å². The Balaban J connectivity index is 1.67. The Labute approximate surface area is 187 Å². The summed E-state index contributed by atoms with van der Waals surface area (Å²) in [7, 11) is 1.69. The van der Waals surface area contributed by atoms with Crippen LogP contribution in [0.25, 0.3) is 0 Å². The monoisotopic (exact) mass is 432 g/mol. The van der Waals surface area contributed by atoms with Crippen molar-refractivity contribution >= 4 is 17.6 Å². The first-order chi connectivity index (χ1) is 14.8. The Kier molecular flexibility index (Phi) is 9.91. The second-order valence-electron chi connectivity index (χ2n) is 8.80. The summed E-state index contributed by atoms with van der Waals surface area (Å²) < 4.78 is 5.24. The number of aliphatic imine (C=N–C) groups is 1. The standard InChI is InChI=1S/C23H40N6O2/c1-6-24-22(26-18-21(30)27-23(2,3)4)25-12-7-13-28-14-16-29(17-15-28)19-8-10-20(31-5)11-9-19/h8-11H,6-7,12-18H2,1-5H3,(H,27,30)(H2,24,25,26). The number of rotatable bonds is 9. The Bertz CT molecular complexity index is 691. The van der Waals surface area contributed by atoms with Crippen LogP contribution in [0.2, 0.25) is 0 Å². The number of carbonyl (C=O) groups is 1. The van der Waals surface area contributed by atoms with Crippen LogP contribution in [0, 0.1) is 0 Å². The van der Waals surface area contributed by atoms with Crippen LogP contribution < -0.4 is 25.6 Å². The Morgan fingerprint density at radius 3 is 2.35 bits per heavy atom. The highest BCUT2D eigenvalue weighted by molar-refractivity contribution is 5.85. The van der Waals surface area contributed by atoms with E-state index < -0.39 is 0 Å². The summed E-state index contributed by atoms with van der Waals surface area (Å²) in [6, 6.07) is 8.29. The van der Waals surface area contributed by atoms with E-state index in [9.17, 15) is 4.79 Å². The molecule has 0 bridgehead atoms. The molecule has 1 aromatic rings. The van der Waals surface area contributed by atoms with Crippen molar-refractivity contribution in [3.63, 3.8) is 0 Å². The van der Waals surface area contributed by atoms with Gasteiger partial charge in [0.2, 0.25) is 5.91 Å². The molecule has 1 fully saturated rings. The number of ether oxygens (including phenoxy) is 1. The van der Waals surface area contributed by atoms with Gasteiger partial charge in [-0.15, -0.1) is 0 Å². The van der Waals surface area contributed by atoms with Gasteiger partial charge >= 0.3 is 0 Å². The quantitative estimate of drug-likeness (QED) is 0.313. The molecular formula is C23H40N6O2. The Morgan fingerprint density at radius 1 is 1.10 bits per heavy atom. The van der Waals surface area contributed by atoms with Gasteiger partial charge in [0, 0.05) is 50.5 Å². The van der Waals surface area contributed by atoms with Gasteiger partial charge in [0.05, 0.1) is 7.11 Å². The molecule has 8 nitrogen and oxygen atoms in total. The average Bonchev–Trinajstić information content (AvgIpc) is 2.74. The fourth-order valence-electron chi connectivity index (χ4n) is 3.48. The minimum Gasteiger partial charge on any atom is -0.497 e. The molecule has 1 saturated heterocycles. The van der Waals surface area contributed by atoms with Crippen molar-refractivity contribution in [3.05, 3.63) is 24.3 Å². The van der Waals surface area contributed by atoms with Gasteiger partial charge in [0.25, 0.3) is 0 Å². The van der Waals surface area contributed by atoms with Crippen molar-refractivity contribution in [2.24, 2.45) is 4.99 Å². The lowest BCUT2D eigenvalue weighted by Gasteiger charge is -2.36. The highest BCUT2D eigenvalue weighted by Gasteiger charge is 2.17. The largest absolute Gasteiger partial charge is 0.497 e. The van der Waals surface area contributed by atoms with E-state index in [-0.39, 0.29) is 18.0 Å². The van der Waals surface area contributed by atoms with E-state index >= 15 is 0 Å². The number of anilines is 1. The third-order valence-electron chi connectivity index (χ3n) is 4.99. The second kappa shape index (κ2) is 12.4. The van der Waals surface area contributed by atoms with Crippen molar-refractivity contribution < 1.29 is 9.53 Å². The molecule has 1 aromatic carbocycles. The molecule has 0 aromatic heterocycles. The van der Waals surface area contributed by atoms with Crippen LogP contribution in [0.4, 0.5) is 5.69 Å². The van der Waals surface area contributed by atoms with E-state index in [0.29, 0.717) is 5.96 Å². The van der Waals surface area contributed by atoms with E-state index in [0.717, 1.165) is 58.0 Å². The summed E-state index contributed by atoms with van der Waals surface area (Å²) in [5.74, 6) is 1.51. The van der Waals surface area contributed by atoms with Crippen molar-refractivity contribution in [3.8, 4) is 5.75 Å². The Morgan fingerprint density at radius 2 is 1.77 bits per heavy atom. The zero-order valence-electron chi connectivity index (χ0n) is 19.8. The number of benzene rings is 1. The number of amides is 1. The van der Waals surface area contributed by atoms with Gasteiger partial charge in [-0.05, 0) is 64.9 Å². The molecule has 0 aliphatic carbocycles. The number of methoxy groups -OCH3 is 1. The van der Waals surface area contributed by atoms with Crippen LogP contribution >= 0.6 is 0 Å². The molecule has 1 amide bonds. The number of piperazine rings is 1. The van der Waals surface area contributed by atoms with Gasteiger partial charge < -0.3 is 25.6 Å². The smallest absolute Gasteiger partial charge is 0.242 e. The van der Waals surface area contributed by atoms with Crippen molar-refractivity contribution in [1.82, 2.24) is 20.9 Å². The first-order valence-corrected chi connectivity index (χ1v) is 11.3. The first kappa shape index (κ1) is 24.8. The summed E-state index contributed by atoms with van der Waals surface area (Å²) in [4.78, 5) is 21.3. The van der Waals surface area contributed by atoms with E-state index in [1.54, 1.807) is 7.11 Å². The number of hydrogen-bond acceptors (Lipinski definition) is 5. The van der Waals surface area contributed by atoms with Gasteiger partial charge in [-0.1, -0.05) is 0 Å². The highest BCUT2D eigenvalue weighted by atomic mass is 16.5. The summed E-state index contributed by atoms with van der Waals surface area (Å²) in [5.41, 5.74) is 1.01. The zero-order chi connectivity index (χ0) is 22.7. The summed E-state index contributed by atoms with van der Waals surface area (Å²) in [6.45, 7) is 14.9. The maximum Gasteiger partial charge on any atom is 0.242 e. The minimum atomic E-state index is -0.240. The lowest BCUT2D eigenvalue weighted by Crippen LogP contribution is -2.47. The number of hydrogen-bond donors (Lipinski definition) is 3. The lowest BCUT2D eigenvalue weighted by atomic mass is 10.1. The number of guanidine groups is 1. The third kappa shape index (κ3) is 9.46. The highest BCUT2D eigenvalue weighted by Crippen LogP contribution is 2.20. The molecule has 8 heteroatoms. The van der Waals surface area contributed by atoms with Crippen LogP contribution in [0.5, 0.6) is 5.75 Å². The van der Waals surface area contributed by atoms with Gasteiger partial charge in [-0.2, -0.15) is 0 Å². The number of carbonyl (C=O) groups excluding carboxylic acids is 1. The molecule has 1 heterocycles. The molecule has 31 heavy (non-hydrogen) atoms. The van der Waals surface area contributed by atoms with Crippen molar-refractivity contribution in [2.75, 3.05) is 64.4 Å². The fourth-order valence-corrected chi connectivity index (χ4v) is 3.48. The van der Waals surface area contributed by atoms with Crippen LogP contribution in [0.15, 0.2) is 29.3 Å². The van der Waals surface area contributed by atoms with Crippen molar-refractivity contribution in [1.29, 1.82) is 0 Å². The van der Waals surface area contributed by atoms with E-state index in [1.807, 2.05) is 39.8 Å².